The van der Waals surface area contributed by atoms with Crippen LogP contribution in [0.5, 0.6) is 5.75 Å². The van der Waals surface area contributed by atoms with Crippen LogP contribution in [-0.4, -0.2) is 27.0 Å². The molecule has 0 spiro atoms. The minimum absolute atomic E-state index is 0.749. The molecule has 4 heterocycles. The molecule has 6 heteroatoms. The molecule has 0 saturated carbocycles. The van der Waals surface area contributed by atoms with E-state index < -0.39 is 0 Å². The summed E-state index contributed by atoms with van der Waals surface area (Å²) >= 11 is 1.79. The lowest BCUT2D eigenvalue weighted by Crippen LogP contribution is -1.96. The number of methoxy groups -OCH3 is 1. The number of nitrogens with one attached hydrogen (secondary N) is 1. The van der Waals surface area contributed by atoms with Gasteiger partial charge in [0.2, 0.25) is 0 Å². The summed E-state index contributed by atoms with van der Waals surface area (Å²) in [7, 11) is 1.67. The van der Waals surface area contributed by atoms with Gasteiger partial charge < -0.3 is 9.72 Å². The third kappa shape index (κ3) is 3.59. The number of benzene rings is 1. The first-order valence-electron chi connectivity index (χ1n) is 9.52. The first-order chi connectivity index (χ1) is 14.2. The molecule has 0 bridgehead atoms. The zero-order valence-corrected chi connectivity index (χ0v) is 17.1. The van der Waals surface area contributed by atoms with E-state index in [0.29, 0.717) is 0 Å². The third-order valence-electron chi connectivity index (χ3n) is 4.98. The number of nitrogens with zero attached hydrogens (tertiary/aromatic N) is 3. The standard InChI is InChI=1S/C23H20N4OS/c1-14-3-5-20-15(9-14)11-21(29-20)16-10-19-23(25-13-16)27-22(26-19)6-4-17-12-18(28-2)7-8-24-17/h3,5,7-13H,4,6H2,1-2H3,(H,25,26,27). The van der Waals surface area contributed by atoms with Crippen molar-refractivity contribution in [2.45, 2.75) is 19.8 Å². The SMILES string of the molecule is COc1ccnc(CCc2nc3ncc(-c4cc5cc(C)ccc5s4)cc3[nH]2)c1. The second-order valence-electron chi connectivity index (χ2n) is 7.12. The van der Waals surface area contributed by atoms with Gasteiger partial charge in [-0.2, -0.15) is 0 Å². The van der Waals surface area contributed by atoms with Gasteiger partial charge in [0.1, 0.15) is 11.6 Å². The topological polar surface area (TPSA) is 63.7 Å². The zero-order chi connectivity index (χ0) is 19.8. The molecule has 0 fully saturated rings. The molecular weight excluding hydrogens is 380 g/mol. The second-order valence-corrected chi connectivity index (χ2v) is 8.20. The van der Waals surface area contributed by atoms with E-state index in [4.69, 9.17) is 4.74 Å². The molecular formula is C23H20N4OS. The van der Waals surface area contributed by atoms with E-state index in [1.54, 1.807) is 24.6 Å². The minimum Gasteiger partial charge on any atom is -0.497 e. The summed E-state index contributed by atoms with van der Waals surface area (Å²) in [5.74, 6) is 1.74. The van der Waals surface area contributed by atoms with Gasteiger partial charge in [0.15, 0.2) is 5.65 Å². The van der Waals surface area contributed by atoms with Crippen molar-refractivity contribution in [3.05, 3.63) is 71.9 Å². The largest absolute Gasteiger partial charge is 0.497 e. The van der Waals surface area contributed by atoms with Crippen molar-refractivity contribution in [1.29, 1.82) is 0 Å². The fourth-order valence-corrected chi connectivity index (χ4v) is 4.50. The molecule has 5 rings (SSSR count). The summed E-state index contributed by atoms with van der Waals surface area (Å²) < 4.78 is 6.56. The van der Waals surface area contributed by atoms with Crippen LogP contribution >= 0.6 is 11.3 Å². The Morgan fingerprint density at radius 3 is 2.86 bits per heavy atom. The van der Waals surface area contributed by atoms with Crippen molar-refractivity contribution in [3.8, 4) is 16.2 Å². The van der Waals surface area contributed by atoms with Crippen LogP contribution < -0.4 is 4.74 Å². The highest BCUT2D eigenvalue weighted by atomic mass is 32.1. The number of fused-ring (bicyclic) bond motifs is 2. The van der Waals surface area contributed by atoms with E-state index in [1.807, 2.05) is 18.3 Å². The molecule has 0 aliphatic heterocycles. The van der Waals surface area contributed by atoms with Crippen LogP contribution in [-0.2, 0) is 12.8 Å². The maximum Gasteiger partial charge on any atom is 0.177 e. The zero-order valence-electron chi connectivity index (χ0n) is 16.3. The molecule has 1 N–H and O–H groups in total. The molecule has 144 valence electrons. The van der Waals surface area contributed by atoms with Gasteiger partial charge in [-0.05, 0) is 43.0 Å². The van der Waals surface area contributed by atoms with Gasteiger partial charge >= 0.3 is 0 Å². The molecule has 0 radical (unpaired) electrons. The van der Waals surface area contributed by atoms with Crippen LogP contribution in [0.15, 0.2) is 54.9 Å². The predicted molar refractivity (Wildman–Crippen MR) is 118 cm³/mol. The lowest BCUT2D eigenvalue weighted by atomic mass is 10.1. The molecule has 4 aromatic heterocycles. The number of hydrogen-bond acceptors (Lipinski definition) is 5. The Kier molecular flexibility index (Phi) is 4.48. The number of ether oxygens (including phenoxy) is 1. The van der Waals surface area contributed by atoms with Crippen LogP contribution in [0.2, 0.25) is 0 Å². The summed E-state index contributed by atoms with van der Waals surface area (Å²) in [6, 6.07) is 14.8. The van der Waals surface area contributed by atoms with Crippen molar-refractivity contribution in [2.75, 3.05) is 7.11 Å². The number of aromatic amines is 1. The maximum atomic E-state index is 5.27. The number of imidazole rings is 1. The number of pyridine rings is 2. The molecule has 0 aliphatic carbocycles. The fraction of sp³-hybridized carbons (Fsp3) is 0.174. The molecule has 0 aliphatic rings. The highest BCUT2D eigenvalue weighted by Gasteiger charge is 2.10. The van der Waals surface area contributed by atoms with Crippen LogP contribution in [0.25, 0.3) is 31.7 Å². The van der Waals surface area contributed by atoms with Gasteiger partial charge in [-0.25, -0.2) is 9.97 Å². The summed E-state index contributed by atoms with van der Waals surface area (Å²) in [5, 5.41) is 1.28. The second kappa shape index (κ2) is 7.29. The number of hydrogen-bond donors (Lipinski definition) is 1. The summed E-state index contributed by atoms with van der Waals surface area (Å²) in [6.45, 7) is 2.12. The van der Waals surface area contributed by atoms with E-state index in [1.165, 1.54) is 20.5 Å². The average Bonchev–Trinajstić information content (AvgIpc) is 3.35. The van der Waals surface area contributed by atoms with Crippen LogP contribution in [0.4, 0.5) is 0 Å². The normalized spacial score (nSPS) is 11.4. The van der Waals surface area contributed by atoms with Crippen molar-refractivity contribution < 1.29 is 4.74 Å². The molecule has 0 unspecified atom stereocenters. The molecule has 5 aromatic rings. The van der Waals surface area contributed by atoms with Gasteiger partial charge in [0.25, 0.3) is 0 Å². The highest BCUT2D eigenvalue weighted by molar-refractivity contribution is 7.22. The van der Waals surface area contributed by atoms with E-state index in [-0.39, 0.29) is 0 Å². The third-order valence-corrected chi connectivity index (χ3v) is 6.15. The monoisotopic (exact) mass is 400 g/mol. The number of rotatable bonds is 5. The predicted octanol–water partition coefficient (Wildman–Crippen LogP) is 5.34. The number of thiophene rings is 1. The maximum absolute atomic E-state index is 5.27. The van der Waals surface area contributed by atoms with E-state index in [9.17, 15) is 0 Å². The molecule has 5 nitrogen and oxygen atoms in total. The first kappa shape index (κ1) is 17.8. The van der Waals surface area contributed by atoms with E-state index in [2.05, 4.69) is 57.2 Å². The molecule has 0 atom stereocenters. The molecule has 29 heavy (non-hydrogen) atoms. The lowest BCUT2D eigenvalue weighted by Gasteiger charge is -2.02. The van der Waals surface area contributed by atoms with Crippen molar-refractivity contribution in [2.24, 2.45) is 0 Å². The molecule has 0 amide bonds. The van der Waals surface area contributed by atoms with Crippen molar-refractivity contribution in [3.63, 3.8) is 0 Å². The average molecular weight is 401 g/mol. The Balaban J connectivity index is 1.40. The molecule has 0 saturated heterocycles. The quantitative estimate of drug-likeness (QED) is 0.433. The fourth-order valence-electron chi connectivity index (χ4n) is 3.47. The van der Waals surface area contributed by atoms with Gasteiger partial charge in [0, 0.05) is 45.7 Å². The Morgan fingerprint density at radius 2 is 1.97 bits per heavy atom. The van der Waals surface area contributed by atoms with Crippen molar-refractivity contribution in [1.82, 2.24) is 19.9 Å². The van der Waals surface area contributed by atoms with Gasteiger partial charge in [-0.1, -0.05) is 17.7 Å². The van der Waals surface area contributed by atoms with Gasteiger partial charge in [-0.15, -0.1) is 11.3 Å². The Hall–Kier alpha value is -3.25. The summed E-state index contributed by atoms with van der Waals surface area (Å²) in [5.41, 5.74) is 5.09. The lowest BCUT2D eigenvalue weighted by molar-refractivity contribution is 0.413. The number of H-pyrrole nitrogens is 1. The highest BCUT2D eigenvalue weighted by Crippen LogP contribution is 2.34. The smallest absolute Gasteiger partial charge is 0.177 e. The van der Waals surface area contributed by atoms with E-state index in [0.717, 1.165) is 46.8 Å². The Labute approximate surface area is 172 Å². The first-order valence-corrected chi connectivity index (χ1v) is 10.3. The summed E-state index contributed by atoms with van der Waals surface area (Å²) in [4.78, 5) is 18.3. The van der Waals surface area contributed by atoms with Crippen LogP contribution in [0.1, 0.15) is 17.1 Å². The van der Waals surface area contributed by atoms with E-state index >= 15 is 0 Å². The Morgan fingerprint density at radius 1 is 1.03 bits per heavy atom. The Bertz CT molecular complexity index is 1320. The minimum atomic E-state index is 0.749. The molecule has 1 aromatic carbocycles. The number of aryl methyl sites for hydroxylation is 3. The van der Waals surface area contributed by atoms with Crippen LogP contribution in [0, 0.1) is 6.92 Å². The number of aromatic nitrogens is 4. The van der Waals surface area contributed by atoms with Gasteiger partial charge in [0.05, 0.1) is 12.6 Å². The summed E-state index contributed by atoms with van der Waals surface area (Å²) in [6.07, 6.45) is 5.24. The van der Waals surface area contributed by atoms with Crippen molar-refractivity contribution >= 4 is 32.6 Å². The van der Waals surface area contributed by atoms with Gasteiger partial charge in [-0.3, -0.25) is 4.98 Å². The van der Waals surface area contributed by atoms with Crippen LogP contribution in [0.3, 0.4) is 0 Å².